The van der Waals surface area contributed by atoms with Gasteiger partial charge in [0.2, 0.25) is 0 Å². The first-order chi connectivity index (χ1) is 27.4. The standard InChI is InChI=1S/C23H22N4O.C22H19FN4O/c24-15-21-16-25-22(26-21)14-17-10-12-27(13-11-17)23(28)20-8-6-19(7-9-20)18-4-2-1-3-5-18;23-20-4-2-1-3-19(20)15-5-7-17(8-6-15)22(28)27-11-9-16(10-12-27)21-25-14-18(13-24)26-21/h1-9,16-17H,10-14H2,(H,25,26);1-8,14,16H,9-12H2,(H,25,26). The Kier molecular flexibility index (Phi) is 11.7. The molecule has 6 aromatic rings. The van der Waals surface area contributed by atoms with E-state index in [0.717, 1.165) is 79.1 Å². The van der Waals surface area contributed by atoms with Crippen molar-refractivity contribution in [3.8, 4) is 34.4 Å². The van der Waals surface area contributed by atoms with Gasteiger partial charge in [-0.15, -0.1) is 0 Å². The van der Waals surface area contributed by atoms with Gasteiger partial charge < -0.3 is 19.8 Å². The van der Waals surface area contributed by atoms with Gasteiger partial charge in [0.15, 0.2) is 0 Å². The molecule has 4 heterocycles. The van der Waals surface area contributed by atoms with Crippen LogP contribution in [0.3, 0.4) is 0 Å². The Hall–Kier alpha value is -6.85. The van der Waals surface area contributed by atoms with Gasteiger partial charge >= 0.3 is 0 Å². The van der Waals surface area contributed by atoms with Gasteiger partial charge in [0.1, 0.15) is 41.0 Å². The number of carbonyl (C=O) groups is 2. The lowest BCUT2D eigenvalue weighted by Gasteiger charge is -2.31. The average molecular weight is 745 g/mol. The smallest absolute Gasteiger partial charge is 0.253 e. The van der Waals surface area contributed by atoms with Gasteiger partial charge in [-0.25, -0.2) is 14.4 Å². The predicted molar refractivity (Wildman–Crippen MR) is 211 cm³/mol. The molecule has 2 aliphatic heterocycles. The van der Waals surface area contributed by atoms with Crippen LogP contribution in [0, 0.1) is 34.4 Å². The van der Waals surface area contributed by atoms with E-state index < -0.39 is 0 Å². The van der Waals surface area contributed by atoms with Crippen LogP contribution in [0.2, 0.25) is 0 Å². The molecule has 11 heteroatoms. The Morgan fingerprint density at radius 1 is 0.643 bits per heavy atom. The molecule has 0 aliphatic carbocycles. The maximum atomic E-state index is 13.9. The number of hydrogen-bond donors (Lipinski definition) is 2. The summed E-state index contributed by atoms with van der Waals surface area (Å²) in [7, 11) is 0. The van der Waals surface area contributed by atoms with Crippen molar-refractivity contribution < 1.29 is 14.0 Å². The van der Waals surface area contributed by atoms with Gasteiger partial charge in [0, 0.05) is 55.2 Å². The van der Waals surface area contributed by atoms with E-state index in [1.807, 2.05) is 58.3 Å². The molecular weight excluding hydrogens is 704 g/mol. The number of nitrogens with zero attached hydrogens (tertiary/aromatic N) is 6. The third kappa shape index (κ3) is 8.91. The van der Waals surface area contributed by atoms with Crippen LogP contribution in [-0.2, 0) is 6.42 Å². The van der Waals surface area contributed by atoms with Crippen LogP contribution in [0.1, 0.15) is 75.4 Å². The summed E-state index contributed by atoms with van der Waals surface area (Å²) in [5.74, 6) is 2.20. The van der Waals surface area contributed by atoms with Crippen molar-refractivity contribution in [1.82, 2.24) is 29.7 Å². The minimum atomic E-state index is -0.277. The number of carbonyl (C=O) groups excluding carboxylic acids is 2. The number of aromatic amines is 2. The maximum absolute atomic E-state index is 13.9. The topological polar surface area (TPSA) is 146 Å². The summed E-state index contributed by atoms with van der Waals surface area (Å²) in [6.45, 7) is 2.80. The van der Waals surface area contributed by atoms with E-state index in [0.29, 0.717) is 41.5 Å². The minimum absolute atomic E-state index is 0.0179. The fourth-order valence-electron chi connectivity index (χ4n) is 7.38. The zero-order chi connectivity index (χ0) is 38.9. The second-order valence-electron chi connectivity index (χ2n) is 14.2. The van der Waals surface area contributed by atoms with Crippen molar-refractivity contribution in [3.63, 3.8) is 0 Å². The molecule has 8 rings (SSSR count). The minimum Gasteiger partial charge on any atom is -0.339 e. The number of nitriles is 2. The Morgan fingerprint density at radius 3 is 1.73 bits per heavy atom. The molecule has 2 fully saturated rings. The van der Waals surface area contributed by atoms with Crippen LogP contribution in [0.25, 0.3) is 22.3 Å². The second kappa shape index (κ2) is 17.5. The van der Waals surface area contributed by atoms with Gasteiger partial charge in [0.05, 0.1) is 12.4 Å². The van der Waals surface area contributed by atoms with Crippen LogP contribution in [0.15, 0.2) is 116 Å². The lowest BCUT2D eigenvalue weighted by Crippen LogP contribution is -2.39. The first kappa shape index (κ1) is 37.5. The van der Waals surface area contributed by atoms with Gasteiger partial charge in [-0.2, -0.15) is 10.5 Å². The molecule has 2 N–H and O–H groups in total. The zero-order valence-electron chi connectivity index (χ0n) is 30.9. The van der Waals surface area contributed by atoms with Crippen molar-refractivity contribution in [1.29, 1.82) is 10.5 Å². The molecule has 0 saturated carbocycles. The van der Waals surface area contributed by atoms with Gasteiger partial charge in [-0.05, 0) is 78.6 Å². The zero-order valence-corrected chi connectivity index (χ0v) is 30.9. The van der Waals surface area contributed by atoms with E-state index in [9.17, 15) is 14.0 Å². The highest BCUT2D eigenvalue weighted by Crippen LogP contribution is 2.28. The molecule has 2 saturated heterocycles. The molecule has 56 heavy (non-hydrogen) atoms. The van der Waals surface area contributed by atoms with Crippen LogP contribution in [0.4, 0.5) is 4.39 Å². The number of nitrogens with one attached hydrogen (secondary N) is 2. The molecule has 4 aromatic carbocycles. The van der Waals surface area contributed by atoms with Crippen LogP contribution >= 0.6 is 0 Å². The Labute approximate surface area is 325 Å². The Balaban J connectivity index is 0.000000172. The van der Waals surface area contributed by atoms with E-state index >= 15 is 0 Å². The maximum Gasteiger partial charge on any atom is 0.253 e. The van der Waals surface area contributed by atoms with Crippen molar-refractivity contribution >= 4 is 11.8 Å². The number of benzene rings is 4. The highest BCUT2D eigenvalue weighted by atomic mass is 19.1. The summed E-state index contributed by atoms with van der Waals surface area (Å²) >= 11 is 0. The highest BCUT2D eigenvalue weighted by Gasteiger charge is 2.27. The molecular formula is C45H41FN8O2. The molecule has 10 nitrogen and oxygen atoms in total. The number of aromatic nitrogens is 4. The quantitative estimate of drug-likeness (QED) is 0.169. The molecule has 2 aliphatic rings. The molecule has 2 amide bonds. The van der Waals surface area contributed by atoms with Crippen LogP contribution < -0.4 is 0 Å². The molecule has 0 unspecified atom stereocenters. The lowest BCUT2D eigenvalue weighted by atomic mass is 9.93. The van der Waals surface area contributed by atoms with Gasteiger partial charge in [0.25, 0.3) is 11.8 Å². The van der Waals surface area contributed by atoms with Crippen LogP contribution in [0.5, 0.6) is 0 Å². The number of H-pyrrole nitrogens is 2. The van der Waals surface area contributed by atoms with Crippen molar-refractivity contribution in [3.05, 3.63) is 156 Å². The molecule has 2 aromatic heterocycles. The lowest BCUT2D eigenvalue weighted by molar-refractivity contribution is 0.0687. The predicted octanol–water partition coefficient (Wildman–Crippen LogP) is 8.15. The molecule has 0 atom stereocenters. The average Bonchev–Trinajstić information content (AvgIpc) is 3.94. The molecule has 0 bridgehead atoms. The number of rotatable bonds is 7. The summed E-state index contributed by atoms with van der Waals surface area (Å²) in [5, 5.41) is 17.8. The Morgan fingerprint density at radius 2 is 1.16 bits per heavy atom. The molecule has 0 spiro atoms. The summed E-state index contributed by atoms with van der Waals surface area (Å²) in [5.41, 5.74) is 5.85. The normalized spacial score (nSPS) is 14.6. The first-order valence-corrected chi connectivity index (χ1v) is 18.9. The van der Waals surface area contributed by atoms with E-state index in [2.05, 4.69) is 38.1 Å². The van der Waals surface area contributed by atoms with E-state index in [4.69, 9.17) is 10.5 Å². The summed E-state index contributed by atoms with van der Waals surface area (Å²) in [6.07, 6.45) is 7.47. The van der Waals surface area contributed by atoms with E-state index in [-0.39, 0.29) is 23.5 Å². The summed E-state index contributed by atoms with van der Waals surface area (Å²) in [4.78, 5) is 44.0. The number of hydrogen-bond acceptors (Lipinski definition) is 6. The number of likely N-dealkylation sites (tertiary alicyclic amines) is 2. The summed E-state index contributed by atoms with van der Waals surface area (Å²) in [6, 6.07) is 35.8. The van der Waals surface area contributed by atoms with Gasteiger partial charge in [-0.1, -0.05) is 72.8 Å². The SMILES string of the molecule is N#Cc1cnc(C2CCN(C(=O)c3ccc(-c4ccccc4F)cc3)CC2)[nH]1.N#Cc1cnc(CC2CCN(C(=O)c3ccc(-c4ccccc4)cc3)CC2)[nH]1. The van der Waals surface area contributed by atoms with Gasteiger partial charge in [-0.3, -0.25) is 9.59 Å². The van der Waals surface area contributed by atoms with E-state index in [1.54, 1.807) is 54.9 Å². The van der Waals surface area contributed by atoms with Crippen molar-refractivity contribution in [2.75, 3.05) is 26.2 Å². The van der Waals surface area contributed by atoms with Crippen molar-refractivity contribution in [2.45, 2.75) is 38.0 Å². The monoisotopic (exact) mass is 744 g/mol. The molecule has 0 radical (unpaired) electrons. The van der Waals surface area contributed by atoms with Crippen LogP contribution in [-0.4, -0.2) is 67.7 Å². The fraction of sp³-hybridized carbons (Fsp3) is 0.244. The van der Waals surface area contributed by atoms with E-state index in [1.165, 1.54) is 6.07 Å². The highest BCUT2D eigenvalue weighted by molar-refractivity contribution is 5.95. The number of piperidine rings is 2. The first-order valence-electron chi connectivity index (χ1n) is 18.9. The van der Waals surface area contributed by atoms with Crippen molar-refractivity contribution in [2.24, 2.45) is 5.92 Å². The third-order valence-corrected chi connectivity index (χ3v) is 10.6. The number of imidazole rings is 2. The number of halogens is 1. The summed E-state index contributed by atoms with van der Waals surface area (Å²) < 4.78 is 13.9. The fourth-order valence-corrected chi connectivity index (χ4v) is 7.38. The Bertz CT molecular complexity index is 2340. The molecule has 280 valence electrons. The third-order valence-electron chi connectivity index (χ3n) is 10.6. The number of amides is 2. The largest absolute Gasteiger partial charge is 0.339 e. The second-order valence-corrected chi connectivity index (χ2v) is 14.2.